The maximum atomic E-state index is 15.2. The first-order valence-corrected chi connectivity index (χ1v) is 14.7. The molecule has 6 atom stereocenters. The molecule has 3 aromatic rings. The number of hydrogen-bond acceptors (Lipinski definition) is 6. The lowest BCUT2D eigenvalue weighted by Crippen LogP contribution is -2.60. The molecule has 7 rings (SSSR count). The Morgan fingerprint density at radius 3 is 2.11 bits per heavy atom. The summed E-state index contributed by atoms with van der Waals surface area (Å²) in [6, 6.07) is 7.76. The smallest absolute Gasteiger partial charge is 0.328 e. The summed E-state index contributed by atoms with van der Waals surface area (Å²) < 4.78 is 73.1. The second kappa shape index (κ2) is 9.97. The van der Waals surface area contributed by atoms with E-state index in [0.29, 0.717) is 5.39 Å². The van der Waals surface area contributed by atoms with Gasteiger partial charge in [-0.05, 0) is 35.6 Å². The quantitative estimate of drug-likeness (QED) is 0.0980. The number of hydrogen-bond donors (Lipinski definition) is 2. The molecule has 3 aromatic carbocycles. The molecule has 0 bridgehead atoms. The van der Waals surface area contributed by atoms with Crippen molar-refractivity contribution in [1.82, 2.24) is 4.90 Å². The predicted octanol–water partition coefficient (Wildman–Crippen LogP) is 4.88. The number of amides is 6. The van der Waals surface area contributed by atoms with E-state index in [-0.39, 0.29) is 32.7 Å². The van der Waals surface area contributed by atoms with E-state index in [0.717, 1.165) is 0 Å². The largest absolute Gasteiger partial charge is 0.508 e. The zero-order valence-electron chi connectivity index (χ0n) is 23.4. The number of imide groups is 4. The third kappa shape index (κ3) is 3.67. The van der Waals surface area contributed by atoms with Gasteiger partial charge < -0.3 is 10.8 Å². The molecule has 2 aliphatic carbocycles. The van der Waals surface area contributed by atoms with E-state index < -0.39 is 110 Å². The fraction of sp³-hybridized carbons (Fsp3) is 0.258. The molecule has 2 aliphatic heterocycles. The van der Waals surface area contributed by atoms with Crippen LogP contribution in [0.2, 0.25) is 0 Å². The lowest BCUT2D eigenvalue weighted by Gasteiger charge is -2.51. The molecular formula is C31H18Cl2F5N3O6. The number of anilines is 1. The maximum absolute atomic E-state index is 15.2. The number of halogens is 7. The SMILES string of the molecule is NC(=O)N1C(=O)C2CC=C3C(CC4(Cl)C(=O)N(c5c(F)c(F)c(F)c(F)c5F)C(=O)C4(Cl)C3c3c(O)ccc4ccccc34)C2C1=O. The van der Waals surface area contributed by atoms with E-state index in [2.05, 4.69) is 0 Å². The van der Waals surface area contributed by atoms with Gasteiger partial charge in [0, 0.05) is 11.5 Å². The first-order valence-electron chi connectivity index (χ1n) is 14.0. The van der Waals surface area contributed by atoms with Crippen LogP contribution in [-0.4, -0.2) is 49.4 Å². The van der Waals surface area contributed by atoms with Crippen molar-refractivity contribution in [2.45, 2.75) is 28.5 Å². The molecule has 1 saturated carbocycles. The molecule has 3 fully saturated rings. The van der Waals surface area contributed by atoms with Crippen LogP contribution in [0.3, 0.4) is 0 Å². The first-order chi connectivity index (χ1) is 22.1. The van der Waals surface area contributed by atoms with Crippen molar-refractivity contribution in [3.63, 3.8) is 0 Å². The number of carbonyl (C=O) groups is 5. The Balaban J connectivity index is 1.53. The summed E-state index contributed by atoms with van der Waals surface area (Å²) in [5.41, 5.74) is 3.38. The Bertz CT molecular complexity index is 2050. The van der Waals surface area contributed by atoms with Crippen LogP contribution in [0.1, 0.15) is 24.3 Å². The number of nitrogens with zero attached hydrogens (tertiary/aromatic N) is 2. The molecule has 0 spiro atoms. The Hall–Kier alpha value is -4.56. The van der Waals surface area contributed by atoms with Crippen LogP contribution in [0.15, 0.2) is 48.0 Å². The fourth-order valence-electron chi connectivity index (χ4n) is 7.69. The summed E-state index contributed by atoms with van der Waals surface area (Å²) in [7, 11) is 0. The number of allylic oxidation sites excluding steroid dienone is 2. The maximum Gasteiger partial charge on any atom is 0.328 e. The van der Waals surface area contributed by atoms with Crippen LogP contribution in [-0.2, 0) is 19.2 Å². The van der Waals surface area contributed by atoms with Crippen molar-refractivity contribution in [2.75, 3.05) is 4.90 Å². The van der Waals surface area contributed by atoms with Crippen molar-refractivity contribution in [3.05, 3.63) is 82.7 Å². The zero-order valence-corrected chi connectivity index (χ0v) is 24.9. The predicted molar refractivity (Wildman–Crippen MR) is 153 cm³/mol. The summed E-state index contributed by atoms with van der Waals surface area (Å²) in [5.74, 6) is -23.8. The highest BCUT2D eigenvalue weighted by Crippen LogP contribution is 2.67. The molecule has 2 saturated heterocycles. The van der Waals surface area contributed by atoms with E-state index in [1.165, 1.54) is 24.3 Å². The monoisotopic (exact) mass is 693 g/mol. The van der Waals surface area contributed by atoms with Gasteiger partial charge in [-0.15, -0.1) is 23.2 Å². The Morgan fingerprint density at radius 1 is 0.851 bits per heavy atom. The molecule has 3 N–H and O–H groups in total. The number of urea groups is 1. The lowest BCUT2D eigenvalue weighted by atomic mass is 9.56. The summed E-state index contributed by atoms with van der Waals surface area (Å²) in [6.07, 6.45) is 0.473. The van der Waals surface area contributed by atoms with Crippen LogP contribution in [0.25, 0.3) is 10.8 Å². The highest BCUT2D eigenvalue weighted by molar-refractivity contribution is 6.58. The molecule has 0 aromatic heterocycles. The number of phenolic OH excluding ortho intramolecular Hbond substituents is 1. The highest BCUT2D eigenvalue weighted by atomic mass is 35.5. The van der Waals surface area contributed by atoms with Gasteiger partial charge in [0.2, 0.25) is 17.6 Å². The second-order valence-corrected chi connectivity index (χ2v) is 13.0. The number of likely N-dealkylation sites (tertiary alicyclic amines) is 1. The lowest BCUT2D eigenvalue weighted by molar-refractivity contribution is -0.136. The molecule has 16 heteroatoms. The Kier molecular flexibility index (Phi) is 6.59. The van der Waals surface area contributed by atoms with Gasteiger partial charge in [-0.25, -0.2) is 31.6 Å². The van der Waals surface area contributed by atoms with E-state index in [9.17, 15) is 42.3 Å². The van der Waals surface area contributed by atoms with Gasteiger partial charge in [-0.3, -0.25) is 19.2 Å². The van der Waals surface area contributed by atoms with Crippen molar-refractivity contribution in [2.24, 2.45) is 23.5 Å². The van der Waals surface area contributed by atoms with Gasteiger partial charge >= 0.3 is 6.03 Å². The number of alkyl halides is 2. The molecule has 47 heavy (non-hydrogen) atoms. The van der Waals surface area contributed by atoms with Crippen LogP contribution in [0.5, 0.6) is 5.75 Å². The molecule has 242 valence electrons. The van der Waals surface area contributed by atoms with Crippen LogP contribution >= 0.6 is 23.2 Å². The average Bonchev–Trinajstić information content (AvgIpc) is 3.38. The standard InChI is InChI=1S/C31H18Cl2F5N3O6/c32-30-9-14-12(6-7-13-16(14)26(44)41(25(13)43)29(39)47)18(17-11-4-2-1-3-10(11)5-8-15(17)42)31(30,33)28(46)40(27(30)45)24-22(37)20(35)19(34)21(36)23(24)38/h1-6,8,13-14,16,18,42H,7,9H2,(H2,39,47). The van der Waals surface area contributed by atoms with Crippen molar-refractivity contribution in [3.8, 4) is 5.75 Å². The first kappa shape index (κ1) is 31.1. The number of carbonyl (C=O) groups excluding carboxylic acids is 5. The van der Waals surface area contributed by atoms with Crippen LogP contribution < -0.4 is 10.6 Å². The summed E-state index contributed by atoms with van der Waals surface area (Å²) >= 11 is 14.2. The van der Waals surface area contributed by atoms with Crippen LogP contribution in [0, 0.1) is 46.8 Å². The molecule has 0 radical (unpaired) electrons. The Labute approximate surface area is 270 Å². The summed E-state index contributed by atoms with van der Waals surface area (Å²) in [5, 5.41) is 12.1. The minimum Gasteiger partial charge on any atom is -0.508 e. The van der Waals surface area contributed by atoms with Gasteiger partial charge in [0.1, 0.15) is 11.4 Å². The minimum atomic E-state index is -2.82. The van der Waals surface area contributed by atoms with Crippen molar-refractivity contribution < 1.29 is 51.0 Å². The topological polar surface area (TPSA) is 138 Å². The summed E-state index contributed by atoms with van der Waals surface area (Å²) in [6.45, 7) is 0. The van der Waals surface area contributed by atoms with Gasteiger partial charge in [0.25, 0.3) is 11.8 Å². The number of phenols is 1. The number of aromatic hydroxyl groups is 1. The normalized spacial score (nSPS) is 30.1. The fourth-order valence-corrected chi connectivity index (χ4v) is 8.61. The molecule has 6 unspecified atom stereocenters. The molecule has 2 heterocycles. The van der Waals surface area contributed by atoms with Gasteiger partial charge in [0.05, 0.1) is 11.8 Å². The minimum absolute atomic E-state index is 0.108. The van der Waals surface area contributed by atoms with Crippen molar-refractivity contribution >= 4 is 69.3 Å². The summed E-state index contributed by atoms with van der Waals surface area (Å²) in [4.78, 5) is 61.6. The van der Waals surface area contributed by atoms with Crippen LogP contribution in [0.4, 0.5) is 32.4 Å². The van der Waals surface area contributed by atoms with E-state index in [4.69, 9.17) is 28.9 Å². The van der Waals surface area contributed by atoms with E-state index in [1.54, 1.807) is 18.2 Å². The number of primary amides is 1. The van der Waals surface area contributed by atoms with Gasteiger partial charge in [-0.1, -0.05) is 42.0 Å². The third-order valence-corrected chi connectivity index (χ3v) is 11.1. The Morgan fingerprint density at radius 2 is 1.47 bits per heavy atom. The zero-order chi connectivity index (χ0) is 34.1. The highest BCUT2D eigenvalue weighted by Gasteiger charge is 2.77. The molecular weight excluding hydrogens is 676 g/mol. The van der Waals surface area contributed by atoms with Crippen molar-refractivity contribution in [1.29, 1.82) is 0 Å². The third-order valence-electron chi connectivity index (χ3n) is 9.68. The average molecular weight is 694 g/mol. The number of benzene rings is 3. The molecule has 4 aliphatic rings. The molecule has 6 amide bonds. The number of fused-ring (bicyclic) bond motifs is 5. The van der Waals surface area contributed by atoms with E-state index >= 15 is 8.78 Å². The number of nitrogens with two attached hydrogens (primary N) is 1. The number of rotatable bonds is 2. The molecule has 9 nitrogen and oxygen atoms in total. The second-order valence-electron chi connectivity index (χ2n) is 11.8. The van der Waals surface area contributed by atoms with Gasteiger partial charge in [0.15, 0.2) is 33.0 Å². The van der Waals surface area contributed by atoms with Gasteiger partial charge in [-0.2, -0.15) is 4.90 Å². The van der Waals surface area contributed by atoms with E-state index in [1.807, 2.05) is 0 Å².